The fourth-order valence-corrected chi connectivity index (χ4v) is 2.66. The molecule has 3 nitrogen and oxygen atoms in total. The van der Waals surface area contributed by atoms with Gasteiger partial charge in [0, 0.05) is 31.9 Å². The fourth-order valence-electron chi connectivity index (χ4n) is 2.66. The summed E-state index contributed by atoms with van der Waals surface area (Å²) in [6.45, 7) is 7.97. The lowest BCUT2D eigenvalue weighted by Crippen LogP contribution is -2.31. The predicted molar refractivity (Wildman–Crippen MR) is 79.5 cm³/mol. The molecular weight excluding hydrogens is 236 g/mol. The van der Waals surface area contributed by atoms with Gasteiger partial charge in [-0.2, -0.15) is 0 Å². The lowest BCUT2D eigenvalue weighted by molar-refractivity contribution is -0.130. The standard InChI is InChI=1S/C16H24N2O/c1-3-17(4-2)16(19)13-14-7-9-15(10-8-14)18-11-5-6-12-18/h7-10H,3-6,11-13H2,1-2H3. The highest BCUT2D eigenvalue weighted by Crippen LogP contribution is 2.20. The summed E-state index contributed by atoms with van der Waals surface area (Å²) in [4.78, 5) is 16.3. The van der Waals surface area contributed by atoms with Crippen molar-refractivity contribution < 1.29 is 4.79 Å². The van der Waals surface area contributed by atoms with Crippen molar-refractivity contribution in [1.29, 1.82) is 0 Å². The van der Waals surface area contributed by atoms with E-state index in [0.717, 1.165) is 31.7 Å². The van der Waals surface area contributed by atoms with Gasteiger partial charge in [0.15, 0.2) is 0 Å². The Hall–Kier alpha value is -1.51. The van der Waals surface area contributed by atoms with Gasteiger partial charge in [-0.3, -0.25) is 4.79 Å². The van der Waals surface area contributed by atoms with Gasteiger partial charge >= 0.3 is 0 Å². The molecule has 19 heavy (non-hydrogen) atoms. The van der Waals surface area contributed by atoms with Crippen molar-refractivity contribution in [3.05, 3.63) is 29.8 Å². The third-order valence-electron chi connectivity index (χ3n) is 3.88. The predicted octanol–water partition coefficient (Wildman–Crippen LogP) is 2.70. The second-order valence-electron chi connectivity index (χ2n) is 5.10. The molecule has 1 aromatic rings. The normalized spacial score (nSPS) is 14.7. The molecule has 0 N–H and O–H groups in total. The van der Waals surface area contributed by atoms with Crippen LogP contribution in [0.1, 0.15) is 32.3 Å². The number of carbonyl (C=O) groups is 1. The van der Waals surface area contributed by atoms with E-state index in [4.69, 9.17) is 0 Å². The van der Waals surface area contributed by atoms with Crippen LogP contribution in [0.2, 0.25) is 0 Å². The van der Waals surface area contributed by atoms with E-state index in [1.54, 1.807) is 0 Å². The molecule has 1 aliphatic heterocycles. The van der Waals surface area contributed by atoms with Crippen molar-refractivity contribution >= 4 is 11.6 Å². The van der Waals surface area contributed by atoms with Crippen LogP contribution in [-0.2, 0) is 11.2 Å². The molecule has 0 spiro atoms. The third kappa shape index (κ3) is 3.49. The number of amides is 1. The Morgan fingerprint density at radius 2 is 1.68 bits per heavy atom. The number of carbonyl (C=O) groups excluding carboxylic acids is 1. The second kappa shape index (κ2) is 6.60. The monoisotopic (exact) mass is 260 g/mol. The molecule has 1 fully saturated rings. The number of nitrogens with zero attached hydrogens (tertiary/aromatic N) is 2. The number of hydrogen-bond donors (Lipinski definition) is 0. The summed E-state index contributed by atoms with van der Waals surface area (Å²) in [7, 11) is 0. The number of anilines is 1. The Morgan fingerprint density at radius 3 is 2.21 bits per heavy atom. The largest absolute Gasteiger partial charge is 0.372 e. The van der Waals surface area contributed by atoms with Crippen LogP contribution in [0.25, 0.3) is 0 Å². The van der Waals surface area contributed by atoms with E-state index < -0.39 is 0 Å². The maximum absolute atomic E-state index is 12.0. The molecule has 0 atom stereocenters. The van der Waals surface area contributed by atoms with Gasteiger partial charge in [0.25, 0.3) is 0 Å². The van der Waals surface area contributed by atoms with Gasteiger partial charge in [-0.25, -0.2) is 0 Å². The van der Waals surface area contributed by atoms with Gasteiger partial charge in [0.05, 0.1) is 6.42 Å². The Kier molecular flexibility index (Phi) is 4.83. The molecular formula is C16H24N2O. The number of benzene rings is 1. The smallest absolute Gasteiger partial charge is 0.226 e. The van der Waals surface area contributed by atoms with Crippen LogP contribution in [0.5, 0.6) is 0 Å². The summed E-state index contributed by atoms with van der Waals surface area (Å²) in [6.07, 6.45) is 3.10. The minimum atomic E-state index is 0.221. The van der Waals surface area contributed by atoms with Crippen molar-refractivity contribution in [1.82, 2.24) is 4.90 Å². The molecule has 104 valence electrons. The summed E-state index contributed by atoms with van der Waals surface area (Å²) in [5.41, 5.74) is 2.40. The van der Waals surface area contributed by atoms with E-state index in [2.05, 4.69) is 29.2 Å². The maximum Gasteiger partial charge on any atom is 0.226 e. The number of rotatable bonds is 5. The third-order valence-corrected chi connectivity index (χ3v) is 3.88. The molecule has 1 saturated heterocycles. The molecule has 0 aliphatic carbocycles. The first-order valence-corrected chi connectivity index (χ1v) is 7.36. The van der Waals surface area contributed by atoms with Gasteiger partial charge in [-0.05, 0) is 44.4 Å². The van der Waals surface area contributed by atoms with Crippen molar-refractivity contribution in [2.75, 3.05) is 31.1 Å². The molecule has 0 saturated carbocycles. The zero-order chi connectivity index (χ0) is 13.7. The van der Waals surface area contributed by atoms with Crippen molar-refractivity contribution in [3.8, 4) is 0 Å². The highest BCUT2D eigenvalue weighted by molar-refractivity contribution is 5.78. The van der Waals surface area contributed by atoms with Crippen molar-refractivity contribution in [3.63, 3.8) is 0 Å². The van der Waals surface area contributed by atoms with E-state index in [1.165, 1.54) is 18.5 Å². The number of likely N-dealkylation sites (N-methyl/N-ethyl adjacent to an activating group) is 1. The lowest BCUT2D eigenvalue weighted by Gasteiger charge is -2.20. The second-order valence-corrected chi connectivity index (χ2v) is 5.10. The molecule has 1 heterocycles. The first-order valence-electron chi connectivity index (χ1n) is 7.36. The zero-order valence-electron chi connectivity index (χ0n) is 12.1. The minimum Gasteiger partial charge on any atom is -0.372 e. The number of hydrogen-bond acceptors (Lipinski definition) is 2. The summed E-state index contributed by atoms with van der Waals surface area (Å²) in [5.74, 6) is 0.221. The van der Waals surface area contributed by atoms with Gasteiger partial charge in [0.2, 0.25) is 5.91 Å². The lowest BCUT2D eigenvalue weighted by atomic mass is 10.1. The van der Waals surface area contributed by atoms with Crippen LogP contribution < -0.4 is 4.90 Å². The zero-order valence-corrected chi connectivity index (χ0v) is 12.1. The molecule has 1 amide bonds. The SMILES string of the molecule is CCN(CC)C(=O)Cc1ccc(N2CCCC2)cc1. The van der Waals surface area contributed by atoms with Crippen LogP contribution in [-0.4, -0.2) is 37.0 Å². The van der Waals surface area contributed by atoms with Gasteiger partial charge in [0.1, 0.15) is 0 Å². The summed E-state index contributed by atoms with van der Waals surface area (Å²) in [5, 5.41) is 0. The van der Waals surface area contributed by atoms with Crippen LogP contribution >= 0.6 is 0 Å². The molecule has 0 aromatic heterocycles. The van der Waals surface area contributed by atoms with Crippen LogP contribution in [0.15, 0.2) is 24.3 Å². The Labute approximate surface area is 116 Å². The minimum absolute atomic E-state index is 0.221. The van der Waals surface area contributed by atoms with Crippen LogP contribution in [0.3, 0.4) is 0 Å². The van der Waals surface area contributed by atoms with Crippen molar-refractivity contribution in [2.24, 2.45) is 0 Å². The highest BCUT2D eigenvalue weighted by Gasteiger charge is 2.13. The van der Waals surface area contributed by atoms with E-state index in [9.17, 15) is 4.79 Å². The van der Waals surface area contributed by atoms with Crippen LogP contribution in [0.4, 0.5) is 5.69 Å². The van der Waals surface area contributed by atoms with E-state index in [0.29, 0.717) is 6.42 Å². The summed E-state index contributed by atoms with van der Waals surface area (Å²) >= 11 is 0. The first-order chi connectivity index (χ1) is 9.24. The van der Waals surface area contributed by atoms with Gasteiger partial charge in [-0.15, -0.1) is 0 Å². The highest BCUT2D eigenvalue weighted by atomic mass is 16.2. The average Bonchev–Trinajstić information content (AvgIpc) is 2.95. The molecule has 0 bridgehead atoms. The van der Waals surface area contributed by atoms with E-state index >= 15 is 0 Å². The Morgan fingerprint density at radius 1 is 1.11 bits per heavy atom. The van der Waals surface area contributed by atoms with E-state index in [-0.39, 0.29) is 5.91 Å². The molecule has 2 rings (SSSR count). The van der Waals surface area contributed by atoms with Crippen molar-refractivity contribution in [2.45, 2.75) is 33.1 Å². The Balaban J connectivity index is 1.96. The molecule has 1 aliphatic rings. The summed E-state index contributed by atoms with van der Waals surface area (Å²) in [6, 6.07) is 8.48. The Bertz CT molecular complexity index is 403. The molecule has 1 aromatic carbocycles. The molecule has 0 radical (unpaired) electrons. The molecule has 0 unspecified atom stereocenters. The quantitative estimate of drug-likeness (QED) is 0.812. The molecule has 3 heteroatoms. The maximum atomic E-state index is 12.0. The average molecular weight is 260 g/mol. The first kappa shape index (κ1) is 13.9. The van der Waals surface area contributed by atoms with Gasteiger partial charge in [-0.1, -0.05) is 12.1 Å². The van der Waals surface area contributed by atoms with Gasteiger partial charge < -0.3 is 9.80 Å². The topological polar surface area (TPSA) is 23.6 Å². The van der Waals surface area contributed by atoms with Crippen LogP contribution in [0, 0.1) is 0 Å². The summed E-state index contributed by atoms with van der Waals surface area (Å²) < 4.78 is 0. The van der Waals surface area contributed by atoms with E-state index in [1.807, 2.05) is 18.7 Å². The fraction of sp³-hybridized carbons (Fsp3) is 0.562.